The number of hydrogen-bond acceptors (Lipinski definition) is 4. The van der Waals surface area contributed by atoms with E-state index < -0.39 is 5.97 Å². The van der Waals surface area contributed by atoms with Gasteiger partial charge in [-0.1, -0.05) is 20.3 Å². The fourth-order valence-corrected chi connectivity index (χ4v) is 5.03. The van der Waals surface area contributed by atoms with E-state index >= 15 is 0 Å². The van der Waals surface area contributed by atoms with E-state index in [9.17, 15) is 14.4 Å². The molecule has 27 heavy (non-hydrogen) atoms. The van der Waals surface area contributed by atoms with Crippen molar-refractivity contribution < 1.29 is 19.5 Å². The SMILES string of the molecule is CCCc1sc(C(=O)N2CCCC(N(CC(=O)O)C(C)=O)CC2)cc1CC. The van der Waals surface area contributed by atoms with Crippen molar-refractivity contribution in [2.24, 2.45) is 0 Å². The normalized spacial score (nSPS) is 17.4. The summed E-state index contributed by atoms with van der Waals surface area (Å²) in [7, 11) is 0. The van der Waals surface area contributed by atoms with Gasteiger partial charge in [0.1, 0.15) is 6.54 Å². The molecule has 6 nitrogen and oxygen atoms in total. The van der Waals surface area contributed by atoms with Gasteiger partial charge in [0.25, 0.3) is 5.91 Å². The molecule has 0 spiro atoms. The summed E-state index contributed by atoms with van der Waals surface area (Å²) in [6.07, 6.45) is 5.12. The van der Waals surface area contributed by atoms with Crippen LogP contribution in [0.4, 0.5) is 0 Å². The van der Waals surface area contributed by atoms with Gasteiger partial charge in [-0.15, -0.1) is 11.3 Å². The van der Waals surface area contributed by atoms with Crippen LogP contribution in [0.15, 0.2) is 6.07 Å². The highest BCUT2D eigenvalue weighted by molar-refractivity contribution is 7.14. The maximum Gasteiger partial charge on any atom is 0.323 e. The minimum atomic E-state index is -1.00. The lowest BCUT2D eigenvalue weighted by atomic mass is 10.1. The number of carboxylic acids is 1. The zero-order valence-electron chi connectivity index (χ0n) is 16.5. The molecule has 0 aromatic carbocycles. The van der Waals surface area contributed by atoms with E-state index in [1.54, 1.807) is 11.3 Å². The highest BCUT2D eigenvalue weighted by atomic mass is 32.1. The highest BCUT2D eigenvalue weighted by Crippen LogP contribution is 2.27. The minimum Gasteiger partial charge on any atom is -0.480 e. The van der Waals surface area contributed by atoms with Gasteiger partial charge in [0, 0.05) is 30.9 Å². The summed E-state index contributed by atoms with van der Waals surface area (Å²) in [5.74, 6) is -1.17. The third-order valence-corrected chi connectivity index (χ3v) is 6.33. The molecule has 0 radical (unpaired) electrons. The summed E-state index contributed by atoms with van der Waals surface area (Å²) in [5, 5.41) is 9.06. The van der Waals surface area contributed by atoms with Gasteiger partial charge in [-0.25, -0.2) is 0 Å². The number of aliphatic carboxylic acids is 1. The topological polar surface area (TPSA) is 77.9 Å². The van der Waals surface area contributed by atoms with E-state index in [4.69, 9.17) is 5.11 Å². The molecule has 1 aliphatic rings. The van der Waals surface area contributed by atoms with Gasteiger partial charge >= 0.3 is 5.97 Å². The molecule has 7 heteroatoms. The van der Waals surface area contributed by atoms with Crippen molar-refractivity contribution in [3.05, 3.63) is 21.4 Å². The molecule has 0 aliphatic carbocycles. The monoisotopic (exact) mass is 394 g/mol. The average molecular weight is 395 g/mol. The van der Waals surface area contributed by atoms with E-state index in [0.29, 0.717) is 19.5 Å². The lowest BCUT2D eigenvalue weighted by Gasteiger charge is -2.28. The van der Waals surface area contributed by atoms with Gasteiger partial charge in [-0.05, 0) is 43.7 Å². The lowest BCUT2D eigenvalue weighted by Crippen LogP contribution is -2.43. The first-order valence-corrected chi connectivity index (χ1v) is 10.6. The molecule has 2 heterocycles. The van der Waals surface area contributed by atoms with Crippen molar-refractivity contribution in [3.63, 3.8) is 0 Å². The van der Waals surface area contributed by atoms with Gasteiger partial charge in [0.05, 0.1) is 4.88 Å². The van der Waals surface area contributed by atoms with Gasteiger partial charge in [-0.3, -0.25) is 14.4 Å². The maximum absolute atomic E-state index is 13.0. The fraction of sp³-hybridized carbons (Fsp3) is 0.650. The summed E-state index contributed by atoms with van der Waals surface area (Å²) < 4.78 is 0. The number of carboxylic acid groups (broad SMARTS) is 1. The quantitative estimate of drug-likeness (QED) is 0.770. The number of likely N-dealkylation sites (tertiary alicyclic amines) is 1. The number of nitrogens with zero attached hydrogens (tertiary/aromatic N) is 2. The summed E-state index contributed by atoms with van der Waals surface area (Å²) >= 11 is 1.60. The smallest absolute Gasteiger partial charge is 0.323 e. The molecule has 1 unspecified atom stereocenters. The zero-order valence-corrected chi connectivity index (χ0v) is 17.3. The first-order chi connectivity index (χ1) is 12.9. The number of aryl methyl sites for hydroxylation is 2. The van der Waals surface area contributed by atoms with Crippen molar-refractivity contribution in [2.45, 2.75) is 65.3 Å². The van der Waals surface area contributed by atoms with Crippen LogP contribution < -0.4 is 0 Å². The van der Waals surface area contributed by atoms with Crippen molar-refractivity contribution >= 4 is 29.1 Å². The van der Waals surface area contributed by atoms with Gasteiger partial charge in [0.2, 0.25) is 5.91 Å². The Bertz CT molecular complexity index is 686. The molecule has 0 saturated carbocycles. The van der Waals surface area contributed by atoms with Gasteiger partial charge < -0.3 is 14.9 Å². The Labute approximate surface area is 165 Å². The Morgan fingerprint density at radius 2 is 2.00 bits per heavy atom. The number of amides is 2. The number of carbonyl (C=O) groups excluding carboxylic acids is 2. The standard InChI is InChI=1S/C20H30N2O4S/c1-4-7-17-15(5-2)12-18(27-17)20(26)21-10-6-8-16(9-11-21)22(14(3)23)13-19(24)25/h12,16H,4-11,13H2,1-3H3,(H,24,25). The summed E-state index contributed by atoms with van der Waals surface area (Å²) in [5.41, 5.74) is 1.27. The first-order valence-electron chi connectivity index (χ1n) is 9.77. The highest BCUT2D eigenvalue weighted by Gasteiger charge is 2.28. The number of carbonyl (C=O) groups is 3. The van der Waals surface area contributed by atoms with Crippen LogP contribution in [0.1, 0.15) is 66.6 Å². The predicted octanol–water partition coefficient (Wildman–Crippen LogP) is 3.19. The number of rotatable bonds is 7. The second kappa shape index (κ2) is 9.88. The molecule has 150 valence electrons. The van der Waals surface area contributed by atoms with E-state index in [-0.39, 0.29) is 24.4 Å². The largest absolute Gasteiger partial charge is 0.480 e. The van der Waals surface area contributed by atoms with E-state index in [1.807, 2.05) is 11.0 Å². The molecule has 1 atom stereocenters. The third-order valence-electron chi connectivity index (χ3n) is 5.10. The summed E-state index contributed by atoms with van der Waals surface area (Å²) in [6, 6.07) is 1.91. The number of thiophene rings is 1. The maximum atomic E-state index is 13.0. The minimum absolute atomic E-state index is 0.0605. The van der Waals surface area contributed by atoms with Crippen LogP contribution in [0.5, 0.6) is 0 Å². The van der Waals surface area contributed by atoms with Crippen LogP contribution in [0.25, 0.3) is 0 Å². The van der Waals surface area contributed by atoms with Gasteiger partial charge in [-0.2, -0.15) is 0 Å². The van der Waals surface area contributed by atoms with Crippen LogP contribution in [-0.4, -0.2) is 58.4 Å². The van der Waals surface area contributed by atoms with Crippen LogP contribution in [0, 0.1) is 0 Å². The number of hydrogen-bond donors (Lipinski definition) is 1. The zero-order chi connectivity index (χ0) is 20.0. The van der Waals surface area contributed by atoms with Crippen LogP contribution >= 0.6 is 11.3 Å². The fourth-order valence-electron chi connectivity index (χ4n) is 3.70. The molecule has 0 bridgehead atoms. The molecule has 1 aromatic heterocycles. The van der Waals surface area contributed by atoms with Gasteiger partial charge in [0.15, 0.2) is 0 Å². The Morgan fingerprint density at radius 3 is 2.59 bits per heavy atom. The molecule has 1 aliphatic heterocycles. The van der Waals surface area contributed by atoms with E-state index in [1.165, 1.54) is 22.3 Å². The molecule has 1 aromatic rings. The lowest BCUT2D eigenvalue weighted by molar-refractivity contribution is -0.145. The van der Waals surface area contributed by atoms with Crippen LogP contribution in [0.2, 0.25) is 0 Å². The average Bonchev–Trinajstić information content (AvgIpc) is 2.87. The Hall–Kier alpha value is -1.89. The van der Waals surface area contributed by atoms with Crippen LogP contribution in [0.3, 0.4) is 0 Å². The predicted molar refractivity (Wildman–Crippen MR) is 106 cm³/mol. The van der Waals surface area contributed by atoms with Crippen molar-refractivity contribution in [2.75, 3.05) is 19.6 Å². The van der Waals surface area contributed by atoms with E-state index in [2.05, 4.69) is 13.8 Å². The molecule has 1 fully saturated rings. The first kappa shape index (κ1) is 21.4. The Balaban J connectivity index is 2.07. The summed E-state index contributed by atoms with van der Waals surface area (Å²) in [4.78, 5) is 41.3. The summed E-state index contributed by atoms with van der Waals surface area (Å²) in [6.45, 7) is 6.59. The molecule has 2 amide bonds. The van der Waals surface area contributed by atoms with E-state index in [0.717, 1.165) is 37.0 Å². The molecule has 2 rings (SSSR count). The van der Waals surface area contributed by atoms with Crippen molar-refractivity contribution in [1.82, 2.24) is 9.80 Å². The Morgan fingerprint density at radius 1 is 1.26 bits per heavy atom. The van der Waals surface area contributed by atoms with Crippen molar-refractivity contribution in [1.29, 1.82) is 0 Å². The van der Waals surface area contributed by atoms with Crippen LogP contribution in [-0.2, 0) is 22.4 Å². The molecular weight excluding hydrogens is 364 g/mol. The third kappa shape index (κ3) is 5.54. The second-order valence-electron chi connectivity index (χ2n) is 7.08. The van der Waals surface area contributed by atoms with Crippen molar-refractivity contribution in [3.8, 4) is 0 Å². The molecule has 1 N–H and O–H groups in total. The molecular formula is C20H30N2O4S. The molecule has 1 saturated heterocycles. The Kier molecular flexibility index (Phi) is 7.83. The second-order valence-corrected chi connectivity index (χ2v) is 8.22.